The number of hydrogen-bond acceptors (Lipinski definition) is 5. The van der Waals surface area contributed by atoms with Gasteiger partial charge in [0.1, 0.15) is 5.82 Å². The molecule has 2 aromatic rings. The smallest absolute Gasteiger partial charge is 0.126 e. The number of anilines is 1. The number of rotatable bonds is 4. The van der Waals surface area contributed by atoms with Gasteiger partial charge >= 0.3 is 0 Å². The highest BCUT2D eigenvalue weighted by atomic mass is 79.9. The van der Waals surface area contributed by atoms with Crippen LogP contribution in [0.15, 0.2) is 16.9 Å². The third-order valence-corrected chi connectivity index (χ3v) is 3.51. The number of nitrogens with two attached hydrogens (primary N) is 2. The number of aromatic nitrogens is 4. The predicted octanol–water partition coefficient (Wildman–Crippen LogP) is 0.534. The Labute approximate surface area is 113 Å². The highest BCUT2D eigenvalue weighted by Gasteiger charge is 2.24. The molecule has 0 fully saturated rings. The van der Waals surface area contributed by atoms with Gasteiger partial charge in [0.25, 0.3) is 0 Å². The number of hydrazine groups is 1. The standard InChI is InChI=1S/C10H16BrN7/c1-3-18-9(7(11)5-15-18)8(16-13)6-4-14-17(2)10(6)12/h4-5,8,16H,3,12-13H2,1-2H3. The molecule has 1 unspecified atom stereocenters. The molecular weight excluding hydrogens is 298 g/mol. The first-order chi connectivity index (χ1) is 8.60. The summed E-state index contributed by atoms with van der Waals surface area (Å²) in [5.41, 5.74) is 10.5. The van der Waals surface area contributed by atoms with Crippen molar-refractivity contribution in [1.29, 1.82) is 0 Å². The third kappa shape index (κ3) is 2.02. The van der Waals surface area contributed by atoms with E-state index < -0.39 is 0 Å². The van der Waals surface area contributed by atoms with Gasteiger partial charge in [0.2, 0.25) is 0 Å². The van der Waals surface area contributed by atoms with Crippen LogP contribution in [0.4, 0.5) is 5.82 Å². The van der Waals surface area contributed by atoms with Crippen molar-refractivity contribution in [2.24, 2.45) is 12.9 Å². The van der Waals surface area contributed by atoms with Crippen molar-refractivity contribution in [3.05, 3.63) is 28.1 Å². The van der Waals surface area contributed by atoms with Crippen molar-refractivity contribution in [2.45, 2.75) is 19.5 Å². The lowest BCUT2D eigenvalue weighted by Gasteiger charge is -2.17. The molecule has 0 radical (unpaired) electrons. The quantitative estimate of drug-likeness (QED) is 0.565. The fraction of sp³-hybridized carbons (Fsp3) is 0.400. The molecule has 0 amide bonds. The Bertz CT molecular complexity index is 544. The Morgan fingerprint density at radius 3 is 2.67 bits per heavy atom. The lowest BCUT2D eigenvalue weighted by Crippen LogP contribution is -2.31. The second kappa shape index (κ2) is 5.09. The van der Waals surface area contributed by atoms with Crippen LogP contribution in [0, 0.1) is 0 Å². The molecule has 2 rings (SSSR count). The van der Waals surface area contributed by atoms with Crippen LogP contribution >= 0.6 is 15.9 Å². The van der Waals surface area contributed by atoms with E-state index in [0.29, 0.717) is 5.82 Å². The van der Waals surface area contributed by atoms with Crippen molar-refractivity contribution in [1.82, 2.24) is 25.0 Å². The summed E-state index contributed by atoms with van der Waals surface area (Å²) in [5.74, 6) is 6.24. The van der Waals surface area contributed by atoms with Gasteiger partial charge in [0, 0.05) is 19.2 Å². The summed E-state index contributed by atoms with van der Waals surface area (Å²) in [6, 6.07) is -0.254. The molecule has 0 aliphatic heterocycles. The van der Waals surface area contributed by atoms with Crippen molar-refractivity contribution >= 4 is 21.7 Å². The fourth-order valence-corrected chi connectivity index (χ4v) is 2.44. The zero-order valence-electron chi connectivity index (χ0n) is 10.3. The number of aryl methyl sites for hydroxylation is 2. The molecule has 18 heavy (non-hydrogen) atoms. The predicted molar refractivity (Wildman–Crippen MR) is 72.4 cm³/mol. The van der Waals surface area contributed by atoms with Gasteiger partial charge in [0.15, 0.2) is 0 Å². The summed E-state index contributed by atoms with van der Waals surface area (Å²) < 4.78 is 4.36. The van der Waals surface area contributed by atoms with Crippen LogP contribution in [0.2, 0.25) is 0 Å². The van der Waals surface area contributed by atoms with E-state index in [0.717, 1.165) is 22.3 Å². The number of nitrogens with one attached hydrogen (secondary N) is 1. The molecule has 2 aromatic heterocycles. The van der Waals surface area contributed by atoms with Gasteiger partial charge in [0.05, 0.1) is 28.6 Å². The first-order valence-electron chi connectivity index (χ1n) is 5.54. The second-order valence-corrected chi connectivity index (χ2v) is 4.76. The third-order valence-electron chi connectivity index (χ3n) is 2.90. The van der Waals surface area contributed by atoms with Crippen molar-refractivity contribution in [3.63, 3.8) is 0 Å². The zero-order valence-corrected chi connectivity index (χ0v) is 11.8. The van der Waals surface area contributed by atoms with Crippen LogP contribution in [-0.4, -0.2) is 19.6 Å². The molecular formula is C10H16BrN7. The van der Waals surface area contributed by atoms with Crippen LogP contribution in [0.1, 0.15) is 24.2 Å². The normalized spacial score (nSPS) is 12.9. The molecule has 2 heterocycles. The SMILES string of the molecule is CCn1ncc(Br)c1C(NN)c1cnn(C)c1N. The van der Waals surface area contributed by atoms with Crippen LogP contribution < -0.4 is 17.0 Å². The second-order valence-electron chi connectivity index (χ2n) is 3.90. The highest BCUT2D eigenvalue weighted by Crippen LogP contribution is 2.30. The largest absolute Gasteiger partial charge is 0.384 e. The van der Waals surface area contributed by atoms with Gasteiger partial charge < -0.3 is 5.73 Å². The fourth-order valence-electron chi connectivity index (χ4n) is 1.91. The Morgan fingerprint density at radius 2 is 2.17 bits per heavy atom. The van der Waals surface area contributed by atoms with E-state index >= 15 is 0 Å². The van der Waals surface area contributed by atoms with E-state index in [-0.39, 0.29) is 6.04 Å². The lowest BCUT2D eigenvalue weighted by atomic mass is 10.1. The zero-order chi connectivity index (χ0) is 13.3. The number of nitrogen functional groups attached to an aromatic ring is 1. The summed E-state index contributed by atoms with van der Waals surface area (Å²) in [6.45, 7) is 2.77. The number of halogens is 1. The van der Waals surface area contributed by atoms with Gasteiger partial charge in [-0.1, -0.05) is 0 Å². The van der Waals surface area contributed by atoms with Crippen molar-refractivity contribution in [2.75, 3.05) is 5.73 Å². The molecule has 0 spiro atoms. The minimum Gasteiger partial charge on any atom is -0.384 e. The summed E-state index contributed by atoms with van der Waals surface area (Å²) in [7, 11) is 1.79. The van der Waals surface area contributed by atoms with E-state index in [1.165, 1.54) is 0 Å². The van der Waals surface area contributed by atoms with Gasteiger partial charge in [-0.2, -0.15) is 10.2 Å². The maximum Gasteiger partial charge on any atom is 0.126 e. The molecule has 0 bridgehead atoms. The summed E-state index contributed by atoms with van der Waals surface area (Å²) >= 11 is 3.48. The summed E-state index contributed by atoms with van der Waals surface area (Å²) in [6.07, 6.45) is 3.45. The molecule has 0 aliphatic carbocycles. The lowest BCUT2D eigenvalue weighted by molar-refractivity contribution is 0.542. The topological polar surface area (TPSA) is 99.7 Å². The Hall–Kier alpha value is -1.38. The first kappa shape index (κ1) is 13.1. The van der Waals surface area contributed by atoms with Gasteiger partial charge in [-0.15, -0.1) is 0 Å². The van der Waals surface area contributed by atoms with Crippen molar-refractivity contribution < 1.29 is 0 Å². The van der Waals surface area contributed by atoms with Gasteiger partial charge in [-0.3, -0.25) is 15.2 Å². The average Bonchev–Trinajstić information content (AvgIpc) is 2.89. The molecule has 7 nitrogen and oxygen atoms in total. The Balaban J connectivity index is 2.51. The maximum atomic E-state index is 5.99. The molecule has 1 atom stereocenters. The van der Waals surface area contributed by atoms with Crippen LogP contribution in [0.25, 0.3) is 0 Å². The van der Waals surface area contributed by atoms with Crippen LogP contribution in [-0.2, 0) is 13.6 Å². The number of hydrogen-bond donors (Lipinski definition) is 3. The van der Waals surface area contributed by atoms with E-state index in [2.05, 4.69) is 31.6 Å². The van der Waals surface area contributed by atoms with Crippen LogP contribution in [0.5, 0.6) is 0 Å². The average molecular weight is 314 g/mol. The Morgan fingerprint density at radius 1 is 1.44 bits per heavy atom. The molecule has 8 heteroatoms. The molecule has 0 saturated heterocycles. The van der Waals surface area contributed by atoms with Gasteiger partial charge in [-0.25, -0.2) is 5.43 Å². The first-order valence-corrected chi connectivity index (χ1v) is 6.34. The van der Waals surface area contributed by atoms with E-state index in [1.807, 2.05) is 11.6 Å². The Kier molecular flexibility index (Phi) is 3.69. The van der Waals surface area contributed by atoms with Crippen LogP contribution in [0.3, 0.4) is 0 Å². The minimum atomic E-state index is -0.254. The van der Waals surface area contributed by atoms with Crippen molar-refractivity contribution in [3.8, 4) is 0 Å². The molecule has 0 saturated carbocycles. The summed E-state index contributed by atoms with van der Waals surface area (Å²) in [4.78, 5) is 0. The van der Waals surface area contributed by atoms with E-state index in [1.54, 1.807) is 24.1 Å². The minimum absolute atomic E-state index is 0.254. The number of nitrogens with zero attached hydrogens (tertiary/aromatic N) is 4. The maximum absolute atomic E-state index is 5.99. The summed E-state index contributed by atoms with van der Waals surface area (Å²) in [5, 5.41) is 8.40. The molecule has 0 aliphatic rings. The monoisotopic (exact) mass is 313 g/mol. The van der Waals surface area contributed by atoms with E-state index in [9.17, 15) is 0 Å². The van der Waals surface area contributed by atoms with E-state index in [4.69, 9.17) is 11.6 Å². The van der Waals surface area contributed by atoms with Gasteiger partial charge in [-0.05, 0) is 22.9 Å². The molecule has 5 N–H and O–H groups in total. The molecule has 0 aromatic carbocycles. The highest BCUT2D eigenvalue weighted by molar-refractivity contribution is 9.10. The molecule has 98 valence electrons.